The van der Waals surface area contributed by atoms with E-state index in [-0.39, 0.29) is 5.41 Å². The molecule has 0 aliphatic rings. The average molecular weight is 302 g/mol. The van der Waals surface area contributed by atoms with Gasteiger partial charge in [0.15, 0.2) is 0 Å². The largest absolute Gasteiger partial charge is 0.489 e. The number of rotatable bonds is 5. The van der Waals surface area contributed by atoms with Crippen LogP contribution in [0.15, 0.2) is 84.9 Å². The predicted octanol–water partition coefficient (Wildman–Crippen LogP) is 5.59. The molecule has 1 heteroatoms. The highest BCUT2D eigenvalue weighted by Crippen LogP contribution is 2.37. The molecule has 3 aromatic carbocycles. The van der Waals surface area contributed by atoms with Crippen molar-refractivity contribution in [3.8, 4) is 5.75 Å². The third-order valence-corrected chi connectivity index (χ3v) is 4.29. The second-order valence-electron chi connectivity index (χ2n) is 6.26. The van der Waals surface area contributed by atoms with Crippen LogP contribution in [0.4, 0.5) is 0 Å². The van der Waals surface area contributed by atoms with E-state index in [2.05, 4.69) is 74.5 Å². The zero-order valence-electron chi connectivity index (χ0n) is 13.7. The van der Waals surface area contributed by atoms with Gasteiger partial charge >= 0.3 is 0 Å². The van der Waals surface area contributed by atoms with E-state index in [1.54, 1.807) is 0 Å². The summed E-state index contributed by atoms with van der Waals surface area (Å²) in [5, 5.41) is 0. The van der Waals surface area contributed by atoms with Gasteiger partial charge in [0.05, 0.1) is 0 Å². The number of hydrogen-bond donors (Lipinski definition) is 0. The molecule has 0 bridgehead atoms. The highest BCUT2D eigenvalue weighted by molar-refractivity contribution is 5.45. The molecule has 0 saturated carbocycles. The Balaban J connectivity index is 1.89. The lowest BCUT2D eigenvalue weighted by Gasteiger charge is -2.28. The Bertz CT molecular complexity index is 745. The lowest BCUT2D eigenvalue weighted by Crippen LogP contribution is -2.20. The summed E-state index contributed by atoms with van der Waals surface area (Å²) in [6.07, 6.45) is 0. The molecule has 0 spiro atoms. The summed E-state index contributed by atoms with van der Waals surface area (Å²) in [6.45, 7) is 5.07. The number of benzene rings is 3. The van der Waals surface area contributed by atoms with E-state index < -0.39 is 0 Å². The van der Waals surface area contributed by atoms with Crippen molar-refractivity contribution in [3.05, 3.63) is 102 Å². The molecular weight excluding hydrogens is 280 g/mol. The molecule has 0 aliphatic heterocycles. The van der Waals surface area contributed by atoms with Gasteiger partial charge in [0, 0.05) is 11.0 Å². The van der Waals surface area contributed by atoms with Gasteiger partial charge in [-0.15, -0.1) is 0 Å². The maximum Gasteiger partial charge on any atom is 0.123 e. The van der Waals surface area contributed by atoms with Crippen LogP contribution in [0.2, 0.25) is 0 Å². The molecule has 0 radical (unpaired) electrons. The second kappa shape index (κ2) is 6.70. The average Bonchev–Trinajstić information content (AvgIpc) is 2.62. The number of ether oxygens (including phenoxy) is 1. The summed E-state index contributed by atoms with van der Waals surface area (Å²) >= 11 is 0. The first-order chi connectivity index (χ1) is 11.2. The van der Waals surface area contributed by atoms with Gasteiger partial charge < -0.3 is 4.74 Å². The maximum atomic E-state index is 6.13. The molecule has 0 aliphatic carbocycles. The summed E-state index contributed by atoms with van der Waals surface area (Å²) in [4.78, 5) is 0. The smallest absolute Gasteiger partial charge is 0.123 e. The first kappa shape index (κ1) is 15.4. The van der Waals surface area contributed by atoms with Gasteiger partial charge in [-0.1, -0.05) is 92.7 Å². The summed E-state index contributed by atoms with van der Waals surface area (Å²) in [6, 6.07) is 29.2. The molecule has 1 nitrogen and oxygen atoms in total. The molecule has 0 N–H and O–H groups in total. The number of hydrogen-bond acceptors (Lipinski definition) is 1. The Morgan fingerprint density at radius 1 is 0.696 bits per heavy atom. The van der Waals surface area contributed by atoms with Crippen LogP contribution in [0, 0.1) is 0 Å². The Morgan fingerprint density at radius 3 is 1.96 bits per heavy atom. The fourth-order valence-corrected chi connectivity index (χ4v) is 2.85. The fourth-order valence-electron chi connectivity index (χ4n) is 2.85. The Kier molecular flexibility index (Phi) is 4.47. The summed E-state index contributed by atoms with van der Waals surface area (Å²) in [7, 11) is 0. The van der Waals surface area contributed by atoms with Crippen LogP contribution < -0.4 is 4.74 Å². The van der Waals surface area contributed by atoms with E-state index in [9.17, 15) is 0 Å². The van der Waals surface area contributed by atoms with E-state index >= 15 is 0 Å². The highest BCUT2D eigenvalue weighted by Gasteiger charge is 2.26. The fraction of sp³-hybridized carbons (Fsp3) is 0.182. The quantitative estimate of drug-likeness (QED) is 0.597. The van der Waals surface area contributed by atoms with Gasteiger partial charge in [0.2, 0.25) is 0 Å². The Hall–Kier alpha value is -2.54. The molecule has 23 heavy (non-hydrogen) atoms. The van der Waals surface area contributed by atoms with Crippen molar-refractivity contribution >= 4 is 0 Å². The van der Waals surface area contributed by atoms with Gasteiger partial charge in [0.25, 0.3) is 0 Å². The zero-order chi connectivity index (χ0) is 16.1. The summed E-state index contributed by atoms with van der Waals surface area (Å²) in [5.41, 5.74) is 3.58. The SMILES string of the molecule is CC(C)(c1ccccc1)c1ccccc1OCc1ccccc1. The third-order valence-electron chi connectivity index (χ3n) is 4.29. The van der Waals surface area contributed by atoms with Crippen molar-refractivity contribution in [2.24, 2.45) is 0 Å². The van der Waals surface area contributed by atoms with Gasteiger partial charge in [0.1, 0.15) is 12.4 Å². The van der Waals surface area contributed by atoms with Gasteiger partial charge in [-0.25, -0.2) is 0 Å². The van der Waals surface area contributed by atoms with Crippen LogP contribution in [0.1, 0.15) is 30.5 Å². The van der Waals surface area contributed by atoms with E-state index in [1.807, 2.05) is 24.3 Å². The molecule has 3 rings (SSSR count). The van der Waals surface area contributed by atoms with Crippen LogP contribution in [0.25, 0.3) is 0 Å². The van der Waals surface area contributed by atoms with Gasteiger partial charge in [-0.2, -0.15) is 0 Å². The van der Waals surface area contributed by atoms with E-state index in [0.29, 0.717) is 6.61 Å². The van der Waals surface area contributed by atoms with Crippen LogP contribution >= 0.6 is 0 Å². The van der Waals surface area contributed by atoms with Crippen molar-refractivity contribution in [1.29, 1.82) is 0 Å². The predicted molar refractivity (Wildman–Crippen MR) is 95.8 cm³/mol. The Morgan fingerprint density at radius 2 is 1.26 bits per heavy atom. The maximum absolute atomic E-state index is 6.13. The van der Waals surface area contributed by atoms with E-state index in [0.717, 1.165) is 5.75 Å². The first-order valence-corrected chi connectivity index (χ1v) is 8.00. The molecule has 116 valence electrons. The minimum absolute atomic E-state index is 0.103. The van der Waals surface area contributed by atoms with Gasteiger partial charge in [-0.05, 0) is 17.2 Å². The lowest BCUT2D eigenvalue weighted by molar-refractivity contribution is 0.299. The molecule has 0 saturated heterocycles. The summed E-state index contributed by atoms with van der Waals surface area (Å²) < 4.78 is 6.13. The normalized spacial score (nSPS) is 11.2. The highest BCUT2D eigenvalue weighted by atomic mass is 16.5. The van der Waals surface area contributed by atoms with Crippen LogP contribution in [-0.4, -0.2) is 0 Å². The molecule has 3 aromatic rings. The molecular formula is C22H22O. The summed E-state index contributed by atoms with van der Waals surface area (Å²) in [5.74, 6) is 0.949. The van der Waals surface area contributed by atoms with Crippen LogP contribution in [0.5, 0.6) is 5.75 Å². The van der Waals surface area contributed by atoms with Crippen molar-refractivity contribution in [2.45, 2.75) is 25.9 Å². The molecule has 0 atom stereocenters. The first-order valence-electron chi connectivity index (χ1n) is 8.00. The molecule has 0 amide bonds. The molecule has 0 unspecified atom stereocenters. The monoisotopic (exact) mass is 302 g/mol. The minimum atomic E-state index is -0.103. The van der Waals surface area contributed by atoms with Crippen molar-refractivity contribution in [2.75, 3.05) is 0 Å². The van der Waals surface area contributed by atoms with Crippen molar-refractivity contribution in [3.63, 3.8) is 0 Å². The molecule has 0 fully saturated rings. The van der Waals surface area contributed by atoms with Crippen LogP contribution in [0.3, 0.4) is 0 Å². The third kappa shape index (κ3) is 3.45. The molecule has 0 aromatic heterocycles. The Labute approximate surface area is 138 Å². The minimum Gasteiger partial charge on any atom is -0.489 e. The van der Waals surface area contributed by atoms with E-state index in [1.165, 1.54) is 16.7 Å². The second-order valence-corrected chi connectivity index (χ2v) is 6.26. The van der Waals surface area contributed by atoms with E-state index in [4.69, 9.17) is 4.74 Å². The number of para-hydroxylation sites is 1. The standard InChI is InChI=1S/C22H22O/c1-22(2,19-13-7-4-8-14-19)20-15-9-10-16-21(20)23-17-18-11-5-3-6-12-18/h3-16H,17H2,1-2H3. The topological polar surface area (TPSA) is 9.23 Å². The lowest BCUT2D eigenvalue weighted by atomic mass is 9.78. The molecule has 0 heterocycles. The van der Waals surface area contributed by atoms with Crippen molar-refractivity contribution < 1.29 is 4.74 Å². The van der Waals surface area contributed by atoms with Crippen molar-refractivity contribution in [1.82, 2.24) is 0 Å². The van der Waals surface area contributed by atoms with Crippen LogP contribution in [-0.2, 0) is 12.0 Å². The van der Waals surface area contributed by atoms with Gasteiger partial charge in [-0.3, -0.25) is 0 Å². The zero-order valence-corrected chi connectivity index (χ0v) is 13.7.